The van der Waals surface area contributed by atoms with Crippen molar-refractivity contribution in [2.75, 3.05) is 27.3 Å². The molecule has 186 valence electrons. The number of benzene rings is 2. The fourth-order valence-corrected chi connectivity index (χ4v) is 4.69. The summed E-state index contributed by atoms with van der Waals surface area (Å²) < 4.78 is 12.2. The van der Waals surface area contributed by atoms with E-state index >= 15 is 0 Å². The van der Waals surface area contributed by atoms with Gasteiger partial charge in [-0.2, -0.15) is 5.10 Å². The van der Waals surface area contributed by atoms with Crippen LogP contribution in [-0.4, -0.2) is 68.6 Å². The number of H-pyrrole nitrogens is 1. The fraction of sp³-hybridized carbons (Fsp3) is 0.308. The number of piperidine rings is 1. The van der Waals surface area contributed by atoms with E-state index in [1.54, 1.807) is 23.1 Å². The van der Waals surface area contributed by atoms with Gasteiger partial charge >= 0.3 is 0 Å². The standard InChI is InChI=1S/C26H27N5O5/c1-35-20-10-6-9-18(21(20)36-2)24(32)30-13-11-26(34,12-14-30)16-31-23(17-7-4-3-5-8-17)28-22-19(25(31)33)15-27-29-22/h3-10,15,34H,11-14,16H2,1-2H3,(H,27,29). The zero-order valence-corrected chi connectivity index (χ0v) is 20.1. The van der Waals surface area contributed by atoms with Gasteiger partial charge in [-0.25, -0.2) is 4.98 Å². The average molecular weight is 490 g/mol. The van der Waals surface area contributed by atoms with Gasteiger partial charge in [-0.3, -0.25) is 19.3 Å². The first-order chi connectivity index (χ1) is 17.4. The molecule has 2 N–H and O–H groups in total. The van der Waals surface area contributed by atoms with Crippen LogP contribution in [0, 0.1) is 0 Å². The predicted octanol–water partition coefficient (Wildman–Crippen LogP) is 2.47. The third kappa shape index (κ3) is 4.20. The van der Waals surface area contributed by atoms with Crippen molar-refractivity contribution in [1.29, 1.82) is 0 Å². The smallest absolute Gasteiger partial charge is 0.265 e. The summed E-state index contributed by atoms with van der Waals surface area (Å²) in [6.07, 6.45) is 2.05. The molecule has 5 rings (SSSR count). The largest absolute Gasteiger partial charge is 0.493 e. The van der Waals surface area contributed by atoms with E-state index in [1.807, 2.05) is 30.3 Å². The van der Waals surface area contributed by atoms with Crippen molar-refractivity contribution in [2.45, 2.75) is 25.0 Å². The van der Waals surface area contributed by atoms with Crippen LogP contribution in [0.3, 0.4) is 0 Å². The first-order valence-corrected chi connectivity index (χ1v) is 11.7. The molecule has 0 atom stereocenters. The van der Waals surface area contributed by atoms with Gasteiger partial charge in [-0.05, 0) is 25.0 Å². The molecule has 0 bridgehead atoms. The number of aliphatic hydroxyl groups is 1. The molecule has 1 saturated heterocycles. The molecular weight excluding hydrogens is 462 g/mol. The number of methoxy groups -OCH3 is 2. The van der Waals surface area contributed by atoms with E-state index in [0.717, 1.165) is 5.56 Å². The monoisotopic (exact) mass is 489 g/mol. The van der Waals surface area contributed by atoms with E-state index in [1.165, 1.54) is 25.0 Å². The number of fused-ring (bicyclic) bond motifs is 1. The van der Waals surface area contributed by atoms with Crippen LogP contribution < -0.4 is 15.0 Å². The highest BCUT2D eigenvalue weighted by atomic mass is 16.5. The Labute approximate surface area is 207 Å². The summed E-state index contributed by atoms with van der Waals surface area (Å²) in [6, 6.07) is 14.5. The predicted molar refractivity (Wildman–Crippen MR) is 133 cm³/mol. The molecule has 3 heterocycles. The number of carbonyl (C=O) groups is 1. The van der Waals surface area contributed by atoms with Crippen molar-refractivity contribution < 1.29 is 19.4 Å². The summed E-state index contributed by atoms with van der Waals surface area (Å²) in [4.78, 5) is 32.9. The van der Waals surface area contributed by atoms with Crippen LogP contribution in [0.5, 0.6) is 11.5 Å². The van der Waals surface area contributed by atoms with E-state index in [-0.39, 0.29) is 18.0 Å². The van der Waals surface area contributed by atoms with Gasteiger partial charge in [0.2, 0.25) is 0 Å². The Morgan fingerprint density at radius 2 is 1.83 bits per heavy atom. The lowest BCUT2D eigenvalue weighted by Gasteiger charge is -2.39. The maximum atomic E-state index is 13.3. The van der Waals surface area contributed by atoms with Crippen LogP contribution in [0.25, 0.3) is 22.4 Å². The second-order valence-corrected chi connectivity index (χ2v) is 8.88. The second kappa shape index (κ2) is 9.46. The van der Waals surface area contributed by atoms with Crippen LogP contribution >= 0.6 is 0 Å². The maximum absolute atomic E-state index is 13.3. The first-order valence-electron chi connectivity index (χ1n) is 11.7. The van der Waals surface area contributed by atoms with Crippen molar-refractivity contribution in [3.63, 3.8) is 0 Å². The molecular formula is C26H27N5O5. The quantitative estimate of drug-likeness (QED) is 0.427. The van der Waals surface area contributed by atoms with Gasteiger partial charge in [0.25, 0.3) is 11.5 Å². The van der Waals surface area contributed by atoms with E-state index in [0.29, 0.717) is 59.9 Å². The molecule has 2 aromatic heterocycles. The molecule has 4 aromatic rings. The summed E-state index contributed by atoms with van der Waals surface area (Å²) in [6.45, 7) is 0.702. The minimum Gasteiger partial charge on any atom is -0.493 e. The number of aromatic nitrogens is 4. The number of carbonyl (C=O) groups excluding carboxylic acids is 1. The number of hydrogen-bond acceptors (Lipinski definition) is 7. The Morgan fingerprint density at radius 1 is 1.08 bits per heavy atom. The molecule has 2 aromatic carbocycles. The highest BCUT2D eigenvalue weighted by Gasteiger charge is 2.36. The van der Waals surface area contributed by atoms with Gasteiger partial charge in [0.15, 0.2) is 17.1 Å². The number of hydrogen-bond donors (Lipinski definition) is 2. The normalized spacial score (nSPS) is 15.1. The zero-order valence-electron chi connectivity index (χ0n) is 20.1. The Hall–Kier alpha value is -4.18. The Balaban J connectivity index is 1.40. The number of nitrogens with one attached hydrogen (secondary N) is 1. The van der Waals surface area contributed by atoms with E-state index in [2.05, 4.69) is 15.2 Å². The van der Waals surface area contributed by atoms with Crippen LogP contribution in [0.2, 0.25) is 0 Å². The third-order valence-corrected chi connectivity index (χ3v) is 6.67. The minimum absolute atomic E-state index is 0.0503. The molecule has 36 heavy (non-hydrogen) atoms. The molecule has 1 amide bonds. The average Bonchev–Trinajstić information content (AvgIpc) is 3.39. The van der Waals surface area contributed by atoms with Crippen LogP contribution in [0.15, 0.2) is 59.5 Å². The summed E-state index contributed by atoms with van der Waals surface area (Å²) in [5.41, 5.74) is 0.0872. The maximum Gasteiger partial charge on any atom is 0.265 e. The van der Waals surface area contributed by atoms with Crippen molar-refractivity contribution in [1.82, 2.24) is 24.6 Å². The molecule has 0 aliphatic carbocycles. The molecule has 10 heteroatoms. The first kappa shape index (κ1) is 23.6. The molecule has 1 aliphatic rings. The molecule has 0 spiro atoms. The van der Waals surface area contributed by atoms with Crippen LogP contribution in [0.1, 0.15) is 23.2 Å². The van der Waals surface area contributed by atoms with Gasteiger partial charge in [-0.1, -0.05) is 36.4 Å². The number of rotatable bonds is 6. The SMILES string of the molecule is COc1cccc(C(=O)N2CCC(O)(Cn3c(-c4ccccc4)nc4[nH]ncc4c3=O)CC2)c1OC. The van der Waals surface area contributed by atoms with Gasteiger partial charge < -0.3 is 19.5 Å². The number of likely N-dealkylation sites (tertiary alicyclic amines) is 1. The van der Waals surface area contributed by atoms with Crippen molar-refractivity contribution >= 4 is 16.9 Å². The van der Waals surface area contributed by atoms with Gasteiger partial charge in [0.1, 0.15) is 11.2 Å². The van der Waals surface area contributed by atoms with E-state index in [9.17, 15) is 14.7 Å². The third-order valence-electron chi connectivity index (χ3n) is 6.67. The number of para-hydroxylation sites is 1. The molecule has 0 saturated carbocycles. The van der Waals surface area contributed by atoms with Gasteiger partial charge in [-0.15, -0.1) is 0 Å². The zero-order chi connectivity index (χ0) is 25.3. The highest BCUT2D eigenvalue weighted by molar-refractivity contribution is 5.98. The van der Waals surface area contributed by atoms with Crippen molar-refractivity contribution in [2.24, 2.45) is 0 Å². The fourth-order valence-electron chi connectivity index (χ4n) is 4.69. The van der Waals surface area contributed by atoms with Crippen molar-refractivity contribution in [3.8, 4) is 22.9 Å². The summed E-state index contributed by atoms with van der Waals surface area (Å²) in [5.74, 6) is 1.11. The summed E-state index contributed by atoms with van der Waals surface area (Å²) in [7, 11) is 3.02. The number of aromatic amines is 1. The Morgan fingerprint density at radius 3 is 2.53 bits per heavy atom. The summed E-state index contributed by atoms with van der Waals surface area (Å²) in [5, 5.41) is 18.6. The topological polar surface area (TPSA) is 123 Å². The lowest BCUT2D eigenvalue weighted by molar-refractivity contribution is -0.0296. The van der Waals surface area contributed by atoms with Gasteiger partial charge in [0.05, 0.1) is 38.1 Å². The lowest BCUT2D eigenvalue weighted by Crippen LogP contribution is -2.50. The van der Waals surface area contributed by atoms with E-state index < -0.39 is 5.60 Å². The Bertz CT molecular complexity index is 1450. The minimum atomic E-state index is -1.19. The number of nitrogens with zero attached hydrogens (tertiary/aromatic N) is 4. The number of amides is 1. The Kier molecular flexibility index (Phi) is 6.19. The molecule has 10 nitrogen and oxygen atoms in total. The summed E-state index contributed by atoms with van der Waals surface area (Å²) >= 11 is 0. The van der Waals surface area contributed by atoms with Crippen molar-refractivity contribution in [3.05, 3.63) is 70.6 Å². The molecule has 1 aliphatic heterocycles. The van der Waals surface area contributed by atoms with Gasteiger partial charge in [0, 0.05) is 18.7 Å². The number of ether oxygens (including phenoxy) is 2. The molecule has 1 fully saturated rings. The molecule has 0 unspecified atom stereocenters. The highest BCUT2D eigenvalue weighted by Crippen LogP contribution is 2.33. The van der Waals surface area contributed by atoms with E-state index in [4.69, 9.17) is 9.47 Å². The van der Waals surface area contributed by atoms with Crippen LogP contribution in [-0.2, 0) is 6.54 Å². The van der Waals surface area contributed by atoms with Crippen LogP contribution in [0.4, 0.5) is 0 Å². The lowest BCUT2D eigenvalue weighted by atomic mass is 9.90. The molecule has 0 radical (unpaired) electrons. The second-order valence-electron chi connectivity index (χ2n) is 8.88.